The van der Waals surface area contributed by atoms with Gasteiger partial charge in [-0.25, -0.2) is 13.2 Å². The summed E-state index contributed by atoms with van der Waals surface area (Å²) < 4.78 is 43.6. The Morgan fingerprint density at radius 3 is 2.19 bits per heavy atom. The summed E-state index contributed by atoms with van der Waals surface area (Å²) in [6.45, 7) is 3.09. The first-order valence-corrected chi connectivity index (χ1v) is 4.73. The summed E-state index contributed by atoms with van der Waals surface area (Å²) in [5.74, 6) is -4.61. The summed E-state index contributed by atoms with van der Waals surface area (Å²) in [6.07, 6.45) is -1.06. The van der Waals surface area contributed by atoms with E-state index >= 15 is 0 Å². The zero-order chi connectivity index (χ0) is 12.3. The number of benzene rings is 1. The van der Waals surface area contributed by atoms with Crippen LogP contribution >= 0.6 is 0 Å². The Morgan fingerprint density at radius 1 is 1.31 bits per heavy atom. The van der Waals surface area contributed by atoms with Crippen molar-refractivity contribution in [1.29, 1.82) is 0 Å². The number of carbonyl (C=O) groups excluding carboxylic acids is 1. The van der Waals surface area contributed by atoms with Gasteiger partial charge in [0.15, 0.2) is 23.2 Å². The summed E-state index contributed by atoms with van der Waals surface area (Å²) in [7, 11) is 0. The van der Waals surface area contributed by atoms with Crippen molar-refractivity contribution in [3.63, 3.8) is 0 Å². The molecule has 1 rings (SSSR count). The van der Waals surface area contributed by atoms with Gasteiger partial charge in [0, 0.05) is 6.61 Å². The van der Waals surface area contributed by atoms with Crippen LogP contribution in [-0.2, 0) is 9.53 Å². The molecule has 0 aromatic heterocycles. The lowest BCUT2D eigenvalue weighted by molar-refractivity contribution is -0.128. The van der Waals surface area contributed by atoms with Crippen molar-refractivity contribution in [2.24, 2.45) is 0 Å². The van der Waals surface area contributed by atoms with E-state index in [2.05, 4.69) is 0 Å². The standard InChI is InChI=1S/C11H11F3O2/c1-3-16-11(6(2)15)7-4-8(12)10(14)9(13)5-7/h4-5,11H,3H2,1-2H3. The minimum Gasteiger partial charge on any atom is -0.366 e. The molecule has 0 aliphatic rings. The molecule has 88 valence electrons. The highest BCUT2D eigenvalue weighted by Gasteiger charge is 2.20. The Labute approximate surface area is 91.0 Å². The number of rotatable bonds is 4. The van der Waals surface area contributed by atoms with Crippen molar-refractivity contribution in [2.75, 3.05) is 6.61 Å². The van der Waals surface area contributed by atoms with Gasteiger partial charge in [-0.1, -0.05) is 0 Å². The van der Waals surface area contributed by atoms with Gasteiger partial charge in [-0.2, -0.15) is 0 Å². The maximum absolute atomic E-state index is 12.9. The molecule has 0 fully saturated rings. The fourth-order valence-electron chi connectivity index (χ4n) is 1.34. The molecule has 0 saturated heterocycles. The molecule has 16 heavy (non-hydrogen) atoms. The maximum Gasteiger partial charge on any atom is 0.194 e. The van der Waals surface area contributed by atoms with E-state index in [-0.39, 0.29) is 12.2 Å². The molecule has 0 N–H and O–H groups in total. The summed E-state index contributed by atoms with van der Waals surface area (Å²) in [5.41, 5.74) is -0.0225. The number of ether oxygens (including phenoxy) is 1. The smallest absolute Gasteiger partial charge is 0.194 e. The van der Waals surface area contributed by atoms with E-state index in [0.717, 1.165) is 12.1 Å². The summed E-state index contributed by atoms with van der Waals surface area (Å²) in [6, 6.07) is 1.53. The zero-order valence-corrected chi connectivity index (χ0v) is 8.89. The van der Waals surface area contributed by atoms with Gasteiger partial charge >= 0.3 is 0 Å². The monoisotopic (exact) mass is 232 g/mol. The molecule has 0 spiro atoms. The Morgan fingerprint density at radius 2 is 1.81 bits per heavy atom. The number of hydrogen-bond acceptors (Lipinski definition) is 2. The molecule has 0 heterocycles. The van der Waals surface area contributed by atoms with Crippen LogP contribution in [0, 0.1) is 17.5 Å². The molecule has 0 aliphatic carbocycles. The number of halogens is 3. The highest BCUT2D eigenvalue weighted by atomic mass is 19.2. The first-order valence-electron chi connectivity index (χ1n) is 4.73. The Balaban J connectivity index is 3.15. The third-order valence-corrected chi connectivity index (χ3v) is 2.01. The first-order chi connectivity index (χ1) is 7.47. The number of Topliss-reactive ketones (excluding diaryl/α,β-unsaturated/α-hetero) is 1. The number of ketones is 1. The van der Waals surface area contributed by atoms with Crippen LogP contribution in [0.5, 0.6) is 0 Å². The van der Waals surface area contributed by atoms with Crippen molar-refractivity contribution in [1.82, 2.24) is 0 Å². The molecule has 1 aromatic carbocycles. The molecule has 1 aromatic rings. The van der Waals surface area contributed by atoms with Crippen LogP contribution in [-0.4, -0.2) is 12.4 Å². The molecule has 0 bridgehead atoms. The van der Waals surface area contributed by atoms with Crippen LogP contribution in [0.25, 0.3) is 0 Å². The van der Waals surface area contributed by atoms with E-state index in [0.29, 0.717) is 0 Å². The van der Waals surface area contributed by atoms with Crippen LogP contribution in [0.4, 0.5) is 13.2 Å². The van der Waals surface area contributed by atoms with E-state index in [1.54, 1.807) is 6.92 Å². The molecule has 0 amide bonds. The second-order valence-electron chi connectivity index (χ2n) is 3.24. The van der Waals surface area contributed by atoms with Gasteiger partial charge in [0.1, 0.15) is 6.10 Å². The minimum atomic E-state index is -1.55. The highest BCUT2D eigenvalue weighted by molar-refractivity contribution is 5.81. The van der Waals surface area contributed by atoms with Gasteiger partial charge in [0.05, 0.1) is 0 Å². The minimum absolute atomic E-state index is 0.0225. The highest BCUT2D eigenvalue weighted by Crippen LogP contribution is 2.22. The molecule has 1 atom stereocenters. The van der Waals surface area contributed by atoms with Crippen molar-refractivity contribution < 1.29 is 22.7 Å². The van der Waals surface area contributed by atoms with Crippen molar-refractivity contribution >= 4 is 5.78 Å². The summed E-state index contributed by atoms with van der Waals surface area (Å²) in [5, 5.41) is 0. The number of carbonyl (C=O) groups is 1. The molecular formula is C11H11F3O2. The van der Waals surface area contributed by atoms with Crippen LogP contribution in [0.2, 0.25) is 0 Å². The fraction of sp³-hybridized carbons (Fsp3) is 0.364. The number of hydrogen-bond donors (Lipinski definition) is 0. The van der Waals surface area contributed by atoms with Crippen LogP contribution in [0.1, 0.15) is 25.5 Å². The molecule has 0 radical (unpaired) electrons. The Hall–Kier alpha value is -1.36. The lowest BCUT2D eigenvalue weighted by Crippen LogP contribution is -2.14. The average Bonchev–Trinajstić information content (AvgIpc) is 2.21. The van der Waals surface area contributed by atoms with Gasteiger partial charge in [0.2, 0.25) is 0 Å². The summed E-state index contributed by atoms with van der Waals surface area (Å²) in [4.78, 5) is 11.2. The second-order valence-corrected chi connectivity index (χ2v) is 3.24. The van der Waals surface area contributed by atoms with Crippen LogP contribution in [0.3, 0.4) is 0 Å². The lowest BCUT2D eigenvalue weighted by atomic mass is 10.1. The molecule has 0 aliphatic heterocycles. The van der Waals surface area contributed by atoms with Gasteiger partial charge in [0.25, 0.3) is 0 Å². The molecular weight excluding hydrogens is 221 g/mol. The third-order valence-electron chi connectivity index (χ3n) is 2.01. The van der Waals surface area contributed by atoms with Gasteiger partial charge < -0.3 is 4.74 Å². The van der Waals surface area contributed by atoms with E-state index in [4.69, 9.17) is 4.74 Å². The molecule has 0 saturated carbocycles. The van der Waals surface area contributed by atoms with E-state index in [1.807, 2.05) is 0 Å². The Kier molecular flexibility index (Phi) is 4.06. The van der Waals surface area contributed by atoms with Crippen LogP contribution in [0.15, 0.2) is 12.1 Å². The quantitative estimate of drug-likeness (QED) is 0.746. The predicted molar refractivity (Wildman–Crippen MR) is 51.4 cm³/mol. The lowest BCUT2D eigenvalue weighted by Gasteiger charge is -2.14. The molecule has 1 unspecified atom stereocenters. The Bertz CT molecular complexity index is 381. The van der Waals surface area contributed by atoms with E-state index in [1.165, 1.54) is 6.92 Å². The zero-order valence-electron chi connectivity index (χ0n) is 8.89. The normalized spacial score (nSPS) is 12.6. The van der Waals surface area contributed by atoms with Crippen molar-refractivity contribution in [3.05, 3.63) is 35.1 Å². The SMILES string of the molecule is CCOC(C(C)=O)c1cc(F)c(F)c(F)c1. The fourth-order valence-corrected chi connectivity index (χ4v) is 1.34. The van der Waals surface area contributed by atoms with Crippen molar-refractivity contribution in [3.8, 4) is 0 Å². The second kappa shape index (κ2) is 5.12. The molecule has 2 nitrogen and oxygen atoms in total. The van der Waals surface area contributed by atoms with E-state index in [9.17, 15) is 18.0 Å². The topological polar surface area (TPSA) is 26.3 Å². The van der Waals surface area contributed by atoms with E-state index < -0.39 is 29.3 Å². The van der Waals surface area contributed by atoms with Crippen molar-refractivity contribution in [2.45, 2.75) is 20.0 Å². The first kappa shape index (κ1) is 12.7. The van der Waals surface area contributed by atoms with Crippen LogP contribution < -0.4 is 0 Å². The van der Waals surface area contributed by atoms with Gasteiger partial charge in [-0.15, -0.1) is 0 Å². The largest absolute Gasteiger partial charge is 0.366 e. The van der Waals surface area contributed by atoms with Gasteiger partial charge in [-0.05, 0) is 31.5 Å². The summed E-state index contributed by atoms with van der Waals surface area (Å²) >= 11 is 0. The average molecular weight is 232 g/mol. The third kappa shape index (κ3) is 2.61. The van der Waals surface area contributed by atoms with Gasteiger partial charge in [-0.3, -0.25) is 4.79 Å². The predicted octanol–water partition coefficient (Wildman–Crippen LogP) is 2.77. The molecule has 5 heteroatoms. The maximum atomic E-state index is 12.9.